The van der Waals surface area contributed by atoms with Crippen molar-refractivity contribution in [2.75, 3.05) is 5.32 Å². The Balaban J connectivity index is 0.000000198. The highest BCUT2D eigenvalue weighted by Crippen LogP contribution is 2.50. The SMILES string of the molecule is CC(C)c1c(C(=O)Nc2ccccc2)c(-c2ccccc2)c(-c2ccc(F)cc2)n1CC[C@@H](O)C[C@@H](O)CC(=O)O.CCC(C)(C)C(=O)O[C@H]1C[C@@H](C)C=C2C=C[C@H](C)[C@H](CC[C@@H]3C[C@@H](O)CC(=O)O3)[C@H]21.CC[C@H](C)C(=O)O[C@H]1C[C@@H](C)C=C2C=C[C@H](C)[C@H](CC[C@@H]3C[C@@H](O)CC(=O)O3)[C@H]21.CC[C@H](C)C(=O)O[C@H]1C[C@H](O)C=C2C=C[C@H](C)[C@H](CC[C@@H](O)C[C@@H](O)CC(=O)O)[C@H]21. The zero-order valence-electron chi connectivity index (χ0n) is 78.5. The fourth-order valence-electron chi connectivity index (χ4n) is 19.9. The standard InChI is InChI=1S/C33H35FN2O5.C25H38O5.C24H36O5.C23H36O7/c1-21(2)31-30(33(41)35-25-11-7-4-8-12-25)29(22-9-5-3-6-10-22)32(23-13-15-24(34)16-14-23)36(31)18-17-26(37)19-27(38)20-28(39)40;1-6-25(4,5)24(28)30-21-12-15(2)11-17-8-7-16(3)20(23(17)21)10-9-19-13-18(26)14-22(27)29-19;1-5-15(3)24(27)29-21-11-14(2)10-17-7-6-16(4)20(23(17)21)9-8-19-12-18(25)13-22(26)28-19;1-4-13(2)23(29)30-20-11-17(25)9-15-6-5-14(3)19(22(15)20)8-7-16(24)10-18(26)12-21(27)28/h3-16,21,26-27,37-38H,17-20H2,1-2H3,(H,35,41)(H,39,40);7-8,11,15-16,18-21,23,26H,6,9-10,12-14H2,1-5H3;6-7,10,14-16,18-21,23,25H,5,8-9,11-13H2,1-4H3;5-6,9,13-14,16-20,22,24-26H,4,7-8,10-12H2,1-3H3,(H,27,28)/t26-,27-;15-,16-,18+,19+,20-,21-,23-;14-,15-,16-,18+,19+,20-,21-,23-;13-,14-,16+,17+,18+,19-,20-,22-/m1000/s1. The number of allylic oxidation sites excluding steroid dienone is 8. The molecule has 25 atom stereocenters. The van der Waals surface area contributed by atoms with E-state index in [1.165, 1.54) is 23.3 Å². The van der Waals surface area contributed by atoms with E-state index in [9.17, 15) is 78.5 Å². The number of halogens is 1. The fourth-order valence-corrected chi connectivity index (χ4v) is 19.9. The van der Waals surface area contributed by atoms with Crippen LogP contribution in [-0.4, -0.2) is 171 Å². The lowest BCUT2D eigenvalue weighted by atomic mass is 9.65. The number of rotatable bonds is 34. The summed E-state index contributed by atoms with van der Waals surface area (Å²) in [6.07, 6.45) is 21.4. The van der Waals surface area contributed by atoms with Crippen LogP contribution in [0.1, 0.15) is 254 Å². The van der Waals surface area contributed by atoms with Crippen LogP contribution >= 0.6 is 0 Å². The first-order chi connectivity index (χ1) is 61.6. The summed E-state index contributed by atoms with van der Waals surface area (Å²) in [5, 5.41) is 91.7. The summed E-state index contributed by atoms with van der Waals surface area (Å²) in [4.78, 5) is 96.9. The third-order valence-corrected chi connectivity index (χ3v) is 27.7. The molecule has 10 N–H and O–H groups in total. The maximum absolute atomic E-state index is 14.0. The van der Waals surface area contributed by atoms with Crippen molar-refractivity contribution in [2.45, 2.75) is 317 Å². The number of benzene rings is 3. The first-order valence-electron chi connectivity index (χ1n) is 47.5. The Bertz CT molecular complexity index is 4600. The summed E-state index contributed by atoms with van der Waals surface area (Å²) in [6.45, 7) is 28.7. The quantitative estimate of drug-likeness (QED) is 0.0153. The van der Waals surface area contributed by atoms with Crippen molar-refractivity contribution in [1.82, 2.24) is 4.57 Å². The molecule has 714 valence electrons. The molecule has 12 rings (SSSR count). The minimum atomic E-state index is -1.18. The second-order valence-corrected chi connectivity index (χ2v) is 38.9. The largest absolute Gasteiger partial charge is 0.481 e. The number of nitrogens with one attached hydrogen (secondary N) is 1. The maximum atomic E-state index is 14.0. The third-order valence-electron chi connectivity index (χ3n) is 27.7. The second-order valence-electron chi connectivity index (χ2n) is 38.9. The van der Waals surface area contributed by atoms with Gasteiger partial charge >= 0.3 is 41.8 Å². The number of aliphatic carboxylic acids is 2. The van der Waals surface area contributed by atoms with Gasteiger partial charge < -0.3 is 79.5 Å². The molecule has 0 unspecified atom stereocenters. The number of fused-ring (bicyclic) bond motifs is 3. The number of carboxylic acids is 2. The molecule has 0 bridgehead atoms. The van der Waals surface area contributed by atoms with Crippen LogP contribution < -0.4 is 5.32 Å². The molecule has 8 aliphatic rings. The molecule has 2 aliphatic heterocycles. The van der Waals surface area contributed by atoms with E-state index in [2.05, 4.69) is 82.5 Å². The van der Waals surface area contributed by atoms with Crippen molar-refractivity contribution in [3.8, 4) is 22.4 Å². The van der Waals surface area contributed by atoms with E-state index < -0.39 is 72.6 Å². The number of carbonyl (C=O) groups is 8. The van der Waals surface area contributed by atoms with E-state index in [1.807, 2.05) is 140 Å². The van der Waals surface area contributed by atoms with Gasteiger partial charge in [0, 0.05) is 60.5 Å². The first-order valence-corrected chi connectivity index (χ1v) is 47.5. The van der Waals surface area contributed by atoms with E-state index >= 15 is 0 Å². The zero-order chi connectivity index (χ0) is 95.1. The minimum Gasteiger partial charge on any atom is -0.481 e. The van der Waals surface area contributed by atoms with Gasteiger partial charge in [-0.25, -0.2) is 4.39 Å². The molecule has 24 nitrogen and oxygen atoms in total. The number of anilines is 1. The summed E-state index contributed by atoms with van der Waals surface area (Å²) >= 11 is 0. The molecule has 0 saturated carbocycles. The highest BCUT2D eigenvalue weighted by Gasteiger charge is 2.47. The summed E-state index contributed by atoms with van der Waals surface area (Å²) < 4.78 is 45.0. The number of carboxylic acid groups (broad SMARTS) is 2. The van der Waals surface area contributed by atoms with Crippen molar-refractivity contribution in [3.05, 3.63) is 173 Å². The van der Waals surface area contributed by atoms with Gasteiger partial charge in [-0.2, -0.15) is 0 Å². The normalized spacial score (nSPS) is 28.1. The van der Waals surface area contributed by atoms with Crippen LogP contribution in [0.3, 0.4) is 0 Å². The van der Waals surface area contributed by atoms with Crippen molar-refractivity contribution >= 4 is 53.4 Å². The summed E-state index contributed by atoms with van der Waals surface area (Å²) in [5.74, 6) is -1.71. The number of esters is 5. The molecule has 2 fully saturated rings. The lowest BCUT2D eigenvalue weighted by molar-refractivity contribution is -0.166. The average molecular weight is 1810 g/mol. The lowest BCUT2D eigenvalue weighted by Gasteiger charge is -2.44. The maximum Gasteiger partial charge on any atom is 0.311 e. The van der Waals surface area contributed by atoms with E-state index in [0.717, 1.165) is 68.2 Å². The minimum absolute atomic E-state index is 0.0156. The number of nitrogens with zero attached hydrogens (tertiary/aromatic N) is 1. The molecule has 2 saturated heterocycles. The van der Waals surface area contributed by atoms with Gasteiger partial charge in [-0.3, -0.25) is 38.4 Å². The monoisotopic (exact) mass is 1810 g/mol. The lowest BCUT2D eigenvalue weighted by Crippen LogP contribution is -2.43. The Morgan fingerprint density at radius 2 is 0.962 bits per heavy atom. The van der Waals surface area contributed by atoms with Crippen molar-refractivity contribution in [1.29, 1.82) is 0 Å². The molecule has 25 heteroatoms. The van der Waals surface area contributed by atoms with Gasteiger partial charge in [-0.05, 0) is 221 Å². The number of para-hydroxylation sites is 1. The van der Waals surface area contributed by atoms with Crippen molar-refractivity contribution in [2.24, 2.45) is 82.3 Å². The van der Waals surface area contributed by atoms with Crippen molar-refractivity contribution in [3.63, 3.8) is 0 Å². The molecule has 4 aromatic rings. The van der Waals surface area contributed by atoms with Crippen LogP contribution in [0.4, 0.5) is 10.1 Å². The van der Waals surface area contributed by atoms with E-state index in [1.54, 1.807) is 12.1 Å². The molecule has 3 aromatic carbocycles. The van der Waals surface area contributed by atoms with Gasteiger partial charge in [0.2, 0.25) is 0 Å². The number of amides is 1. The number of hydrogen-bond acceptors (Lipinski definition) is 20. The number of cyclic esters (lactones) is 2. The number of aromatic nitrogens is 1. The van der Waals surface area contributed by atoms with Gasteiger partial charge in [0.1, 0.15) is 36.3 Å². The summed E-state index contributed by atoms with van der Waals surface area (Å²) in [6, 6.07) is 24.8. The Hall–Kier alpha value is -9.21. The number of ether oxygens (including phenoxy) is 5. The Labute approximate surface area is 767 Å². The van der Waals surface area contributed by atoms with Crippen LogP contribution in [0.25, 0.3) is 22.4 Å². The van der Waals surface area contributed by atoms with E-state index in [4.69, 9.17) is 33.9 Å². The number of aliphatic hydroxyl groups excluding tert-OH is 7. The van der Waals surface area contributed by atoms with Crippen LogP contribution in [0.2, 0.25) is 0 Å². The predicted molar refractivity (Wildman–Crippen MR) is 495 cm³/mol. The van der Waals surface area contributed by atoms with Gasteiger partial charge in [-0.15, -0.1) is 0 Å². The molecule has 1 aromatic heterocycles. The van der Waals surface area contributed by atoms with Gasteiger partial charge in [0.15, 0.2) is 0 Å². The van der Waals surface area contributed by atoms with Crippen LogP contribution in [0, 0.1) is 88.2 Å². The highest BCUT2D eigenvalue weighted by molar-refractivity contribution is 6.12. The highest BCUT2D eigenvalue weighted by atomic mass is 19.1. The Morgan fingerprint density at radius 3 is 1.40 bits per heavy atom. The van der Waals surface area contributed by atoms with Crippen LogP contribution in [-0.2, 0) is 63.8 Å². The average Bonchev–Trinajstić information content (AvgIpc) is 1.57. The Morgan fingerprint density at radius 1 is 0.531 bits per heavy atom. The molecule has 0 radical (unpaired) electrons. The summed E-state index contributed by atoms with van der Waals surface area (Å²) in [5.41, 5.74) is 7.79. The van der Waals surface area contributed by atoms with E-state index in [0.29, 0.717) is 102 Å². The molecule has 3 heterocycles. The zero-order valence-corrected chi connectivity index (χ0v) is 78.5. The van der Waals surface area contributed by atoms with Gasteiger partial charge in [0.05, 0.1) is 96.9 Å². The molecular formula is C105H145FN2O22. The molecule has 0 spiro atoms. The van der Waals surface area contributed by atoms with Crippen molar-refractivity contribution < 1.29 is 112 Å². The molecular weight excluding hydrogens is 1660 g/mol. The third kappa shape index (κ3) is 29.4. The summed E-state index contributed by atoms with van der Waals surface area (Å²) in [7, 11) is 0. The van der Waals surface area contributed by atoms with Crippen LogP contribution in [0.15, 0.2) is 156 Å². The molecule has 1 amide bonds. The second kappa shape index (κ2) is 49.0. The number of hydrogen-bond donors (Lipinski definition) is 10. The number of aliphatic hydroxyl groups is 7. The molecule has 130 heavy (non-hydrogen) atoms. The van der Waals surface area contributed by atoms with E-state index in [-0.39, 0.29) is 158 Å². The first kappa shape index (κ1) is 104. The predicted octanol–water partition coefficient (Wildman–Crippen LogP) is 17.5. The van der Waals surface area contributed by atoms with Gasteiger partial charge in [-0.1, -0.05) is 186 Å². The van der Waals surface area contributed by atoms with Gasteiger partial charge in [0.25, 0.3) is 5.91 Å². The topological polar surface area (TPSA) is 382 Å². The Kier molecular flexibility index (Phi) is 39.4. The molecule has 6 aliphatic carbocycles. The fraction of sp³-hybridized carbons (Fsp3) is 0.600. The van der Waals surface area contributed by atoms with Crippen LogP contribution in [0.5, 0.6) is 0 Å². The smallest absolute Gasteiger partial charge is 0.311 e. The number of carbonyl (C=O) groups excluding carboxylic acids is 6.